The van der Waals surface area contributed by atoms with E-state index in [-0.39, 0.29) is 22.0 Å². The van der Waals surface area contributed by atoms with Crippen LogP contribution in [0.5, 0.6) is 0 Å². The molecule has 1 N–H and O–H groups in total. The van der Waals surface area contributed by atoms with Crippen molar-refractivity contribution in [2.75, 3.05) is 22.8 Å². The Morgan fingerprint density at radius 1 is 1.25 bits per heavy atom. The molecule has 0 bridgehead atoms. The lowest BCUT2D eigenvalue weighted by Crippen LogP contribution is -2.33. The van der Waals surface area contributed by atoms with Crippen molar-refractivity contribution < 1.29 is 31.0 Å². The number of alkyl halides is 3. The molecule has 0 aliphatic carbocycles. The van der Waals surface area contributed by atoms with Crippen LogP contribution in [0.3, 0.4) is 0 Å². The Labute approximate surface area is 161 Å². The summed E-state index contributed by atoms with van der Waals surface area (Å²) in [6.45, 7) is 1.47. The van der Waals surface area contributed by atoms with E-state index in [9.17, 15) is 31.0 Å². The fraction of sp³-hybridized carbons (Fsp3) is 0.312. The van der Waals surface area contributed by atoms with Crippen molar-refractivity contribution in [3.63, 3.8) is 0 Å². The van der Waals surface area contributed by atoms with Gasteiger partial charge in [0.05, 0.1) is 26.9 Å². The summed E-state index contributed by atoms with van der Waals surface area (Å²) in [4.78, 5) is 4.96. The lowest BCUT2D eigenvalue weighted by atomic mass is 10.2. The van der Waals surface area contributed by atoms with Gasteiger partial charge in [-0.15, -0.1) is 0 Å². The largest absolute Gasteiger partial charge is 0.475 e. The number of sulfone groups is 1. The minimum Gasteiger partial charge on any atom is -0.346 e. The highest BCUT2D eigenvalue weighted by molar-refractivity contribution is 7.91. The SMILES string of the molecule is CCS(=O)(=O)c1cccnc1C1N(C)c2ccc(S(=O)C(F)(F)F)cc2N1O. The molecular formula is C16H16F3N3O4S2. The Morgan fingerprint density at radius 2 is 1.93 bits per heavy atom. The van der Waals surface area contributed by atoms with E-state index in [1.54, 1.807) is 0 Å². The van der Waals surface area contributed by atoms with E-state index < -0.39 is 37.2 Å². The average Bonchev–Trinajstić information content (AvgIpc) is 2.90. The molecule has 1 aromatic carbocycles. The van der Waals surface area contributed by atoms with Gasteiger partial charge in [0, 0.05) is 13.2 Å². The number of hydroxylamine groups is 1. The first-order chi connectivity index (χ1) is 13.0. The highest BCUT2D eigenvalue weighted by atomic mass is 32.2. The molecule has 0 saturated heterocycles. The minimum absolute atomic E-state index is 0.0315. The van der Waals surface area contributed by atoms with Crippen molar-refractivity contribution in [3.8, 4) is 0 Å². The zero-order valence-corrected chi connectivity index (χ0v) is 16.3. The van der Waals surface area contributed by atoms with Crippen LogP contribution in [0.25, 0.3) is 0 Å². The number of anilines is 2. The van der Waals surface area contributed by atoms with Crippen LogP contribution in [0.15, 0.2) is 46.3 Å². The third-order valence-electron chi connectivity index (χ3n) is 4.36. The second kappa shape index (κ2) is 7.01. The molecule has 3 rings (SSSR count). The highest BCUT2D eigenvalue weighted by Crippen LogP contribution is 2.46. The van der Waals surface area contributed by atoms with Gasteiger partial charge in [0.15, 0.2) is 26.8 Å². The van der Waals surface area contributed by atoms with E-state index in [0.717, 1.165) is 12.1 Å². The number of hydrogen-bond donors (Lipinski definition) is 1. The molecule has 12 heteroatoms. The van der Waals surface area contributed by atoms with Crippen molar-refractivity contribution in [1.29, 1.82) is 0 Å². The predicted molar refractivity (Wildman–Crippen MR) is 96.3 cm³/mol. The molecule has 0 amide bonds. The molecule has 2 aromatic rings. The average molecular weight is 435 g/mol. The van der Waals surface area contributed by atoms with Gasteiger partial charge in [-0.1, -0.05) is 6.92 Å². The van der Waals surface area contributed by atoms with Crippen molar-refractivity contribution >= 4 is 32.0 Å². The van der Waals surface area contributed by atoms with Crippen LogP contribution < -0.4 is 9.96 Å². The number of rotatable bonds is 4. The Balaban J connectivity index is 2.09. The van der Waals surface area contributed by atoms with Crippen molar-refractivity contribution in [2.24, 2.45) is 0 Å². The molecule has 7 nitrogen and oxygen atoms in total. The molecule has 1 aliphatic heterocycles. The van der Waals surface area contributed by atoms with Gasteiger partial charge in [0.2, 0.25) is 0 Å². The molecule has 0 fully saturated rings. The summed E-state index contributed by atoms with van der Waals surface area (Å²) < 4.78 is 74.7. The Bertz CT molecular complexity index is 1040. The van der Waals surface area contributed by atoms with E-state index in [4.69, 9.17) is 0 Å². The second-order valence-corrected chi connectivity index (χ2v) is 9.70. The molecule has 1 aliphatic rings. The van der Waals surface area contributed by atoms with Crippen LogP contribution >= 0.6 is 0 Å². The molecule has 1 aromatic heterocycles. The number of pyridine rings is 1. The van der Waals surface area contributed by atoms with Gasteiger partial charge >= 0.3 is 5.51 Å². The molecule has 28 heavy (non-hydrogen) atoms. The van der Waals surface area contributed by atoms with Gasteiger partial charge in [0.1, 0.15) is 5.69 Å². The smallest absolute Gasteiger partial charge is 0.346 e. The summed E-state index contributed by atoms with van der Waals surface area (Å²) in [5.41, 5.74) is -4.61. The third-order valence-corrected chi connectivity index (χ3v) is 7.23. The zero-order valence-electron chi connectivity index (χ0n) is 14.7. The fourth-order valence-electron chi connectivity index (χ4n) is 2.98. The van der Waals surface area contributed by atoms with Crippen molar-refractivity contribution in [2.45, 2.75) is 28.4 Å². The third kappa shape index (κ3) is 3.35. The topological polar surface area (TPSA) is 90.8 Å². The number of halogens is 3. The summed E-state index contributed by atoms with van der Waals surface area (Å²) in [5.74, 6) is -0.185. The summed E-state index contributed by atoms with van der Waals surface area (Å²) in [5, 5.41) is 11.2. The quantitative estimate of drug-likeness (QED) is 0.790. The Hall–Kier alpha value is -2.18. The van der Waals surface area contributed by atoms with Gasteiger partial charge in [-0.05, 0) is 30.3 Å². The van der Waals surface area contributed by atoms with E-state index in [1.807, 2.05) is 0 Å². The monoisotopic (exact) mass is 435 g/mol. The minimum atomic E-state index is -4.94. The van der Waals surface area contributed by atoms with E-state index in [2.05, 4.69) is 4.98 Å². The van der Waals surface area contributed by atoms with E-state index in [0.29, 0.717) is 10.8 Å². The number of benzene rings is 1. The molecule has 0 radical (unpaired) electrons. The number of fused-ring (bicyclic) bond motifs is 1. The number of aromatic nitrogens is 1. The van der Waals surface area contributed by atoms with Gasteiger partial charge in [-0.3, -0.25) is 10.2 Å². The van der Waals surface area contributed by atoms with Gasteiger partial charge in [-0.2, -0.15) is 13.2 Å². The zero-order chi connectivity index (χ0) is 20.9. The molecule has 0 spiro atoms. The standard InChI is InChI=1S/C16H16F3N3O4S2/c1-3-28(25,26)13-5-4-8-20-14(13)15-21(2)11-7-6-10(9-12(11)22(15)23)27(24)16(17,18)19/h4-9,15,23H,3H2,1-2H3. The first-order valence-corrected chi connectivity index (χ1v) is 10.8. The van der Waals surface area contributed by atoms with Crippen LogP contribution in [-0.4, -0.2) is 41.1 Å². The highest BCUT2D eigenvalue weighted by Gasteiger charge is 2.41. The number of nitrogens with zero attached hydrogens (tertiary/aromatic N) is 3. The van der Waals surface area contributed by atoms with Crippen molar-refractivity contribution in [1.82, 2.24) is 4.98 Å². The Morgan fingerprint density at radius 3 is 2.54 bits per heavy atom. The maximum absolute atomic E-state index is 12.8. The van der Waals surface area contributed by atoms with Crippen LogP contribution in [-0.2, 0) is 20.6 Å². The van der Waals surface area contributed by atoms with Crippen LogP contribution in [0.2, 0.25) is 0 Å². The lowest BCUT2D eigenvalue weighted by Gasteiger charge is -2.26. The number of hydrogen-bond acceptors (Lipinski definition) is 7. The van der Waals surface area contributed by atoms with Gasteiger partial charge in [0.25, 0.3) is 0 Å². The summed E-state index contributed by atoms with van der Waals surface area (Å²) in [7, 11) is -5.39. The molecule has 0 saturated carbocycles. The van der Waals surface area contributed by atoms with Crippen molar-refractivity contribution in [3.05, 3.63) is 42.2 Å². The van der Waals surface area contributed by atoms with Gasteiger partial charge < -0.3 is 4.90 Å². The molecule has 2 unspecified atom stereocenters. The van der Waals surface area contributed by atoms with Gasteiger partial charge in [-0.25, -0.2) is 17.7 Å². The first-order valence-electron chi connectivity index (χ1n) is 8.00. The molecule has 2 heterocycles. The molecule has 152 valence electrons. The summed E-state index contributed by atoms with van der Waals surface area (Å²) in [6.07, 6.45) is 0.279. The fourth-order valence-corrected chi connectivity index (χ4v) is 4.73. The van der Waals surface area contributed by atoms with Crippen LogP contribution in [0, 0.1) is 0 Å². The maximum atomic E-state index is 12.8. The van der Waals surface area contributed by atoms with E-state index in [1.165, 1.54) is 43.3 Å². The first kappa shape index (κ1) is 20.6. The lowest BCUT2D eigenvalue weighted by molar-refractivity contribution is -0.0384. The van der Waals surface area contributed by atoms with E-state index >= 15 is 0 Å². The molecule has 2 atom stereocenters. The molecular weight excluding hydrogens is 419 g/mol. The van der Waals surface area contributed by atoms with Crippen LogP contribution in [0.1, 0.15) is 18.8 Å². The summed E-state index contributed by atoms with van der Waals surface area (Å²) >= 11 is 0. The Kier molecular flexibility index (Phi) is 5.15. The normalized spacial score (nSPS) is 18.3. The summed E-state index contributed by atoms with van der Waals surface area (Å²) in [6, 6.07) is 6.11. The predicted octanol–water partition coefficient (Wildman–Crippen LogP) is 2.85. The maximum Gasteiger partial charge on any atom is 0.475 e. The van der Waals surface area contributed by atoms with Crippen LogP contribution in [0.4, 0.5) is 24.5 Å². The second-order valence-electron chi connectivity index (χ2n) is 5.98.